The molecule has 0 unspecified atom stereocenters. The zero-order valence-electron chi connectivity index (χ0n) is 16.8. The number of carbonyl (C=O) groups is 1. The van der Waals surface area contributed by atoms with Crippen molar-refractivity contribution in [3.63, 3.8) is 0 Å². The number of phenolic OH excluding ortho intramolecular Hbond substituents is 1. The second kappa shape index (κ2) is 6.98. The quantitative estimate of drug-likeness (QED) is 0.461. The van der Waals surface area contributed by atoms with Crippen LogP contribution < -0.4 is 4.74 Å². The third kappa shape index (κ3) is 2.85. The van der Waals surface area contributed by atoms with Crippen LogP contribution in [0.1, 0.15) is 69.9 Å². The van der Waals surface area contributed by atoms with Gasteiger partial charge in [0, 0.05) is 17.9 Å². The van der Waals surface area contributed by atoms with E-state index in [1.807, 2.05) is 13.0 Å². The number of carbonyl (C=O) groups excluding carboxylic acids is 1. The predicted octanol–water partition coefficient (Wildman–Crippen LogP) is 4.21. The number of hydrogen-bond donors (Lipinski definition) is 2. The summed E-state index contributed by atoms with van der Waals surface area (Å²) in [5, 5.41) is 23.6. The van der Waals surface area contributed by atoms with E-state index >= 15 is 0 Å². The molecule has 6 nitrogen and oxygen atoms in total. The average Bonchev–Trinajstić information content (AvgIpc) is 2.98. The lowest BCUT2D eigenvalue weighted by Crippen LogP contribution is -2.46. The Morgan fingerprint density at radius 2 is 2.11 bits per heavy atom. The summed E-state index contributed by atoms with van der Waals surface area (Å²) in [4.78, 5) is 11.6. The number of nitrogens with zero attached hydrogens (tertiary/aromatic N) is 1. The van der Waals surface area contributed by atoms with Gasteiger partial charge in [-0.2, -0.15) is 0 Å². The average molecular weight is 387 g/mol. The molecule has 3 aliphatic rings. The minimum absolute atomic E-state index is 0.0364. The van der Waals surface area contributed by atoms with Crippen molar-refractivity contribution >= 4 is 11.7 Å². The van der Waals surface area contributed by atoms with E-state index in [1.54, 1.807) is 6.07 Å². The largest absolute Gasteiger partial charge is 0.504 e. The van der Waals surface area contributed by atoms with Crippen LogP contribution in [0, 0.1) is 17.3 Å². The van der Waals surface area contributed by atoms with Crippen LogP contribution in [0.4, 0.5) is 0 Å². The smallest absolute Gasteiger partial charge is 0.302 e. The number of hydrogen-bond acceptors (Lipinski definition) is 6. The summed E-state index contributed by atoms with van der Waals surface area (Å²) in [6.07, 6.45) is 4.52. The SMILES string of the molecule is CCOc1cc2c(cc1O)C(=NO)C[C@@H]1[C@@H]2CC[C@]2(C)[C@@H](OC(C)=O)CC[C@@H]12. The van der Waals surface area contributed by atoms with Crippen LogP contribution in [0.3, 0.4) is 0 Å². The number of rotatable bonds is 3. The maximum atomic E-state index is 11.6. The summed E-state index contributed by atoms with van der Waals surface area (Å²) < 4.78 is 11.3. The number of phenols is 1. The predicted molar refractivity (Wildman–Crippen MR) is 104 cm³/mol. The second-order valence-corrected chi connectivity index (χ2v) is 8.69. The molecule has 0 spiro atoms. The summed E-state index contributed by atoms with van der Waals surface area (Å²) in [6, 6.07) is 3.60. The summed E-state index contributed by atoms with van der Waals surface area (Å²) in [7, 11) is 0. The summed E-state index contributed by atoms with van der Waals surface area (Å²) >= 11 is 0. The van der Waals surface area contributed by atoms with E-state index in [4.69, 9.17) is 9.47 Å². The van der Waals surface area contributed by atoms with Gasteiger partial charge in [-0.1, -0.05) is 12.1 Å². The van der Waals surface area contributed by atoms with Crippen molar-refractivity contribution < 1.29 is 24.6 Å². The standard InChI is InChI=1S/C22H29NO5/c1-4-27-20-11-14-13-7-8-22(3)17(5-6-21(22)28-12(2)24)15(13)9-18(23-26)16(14)10-19(20)25/h10-11,13,15,17,21,25-26H,4-9H2,1-3H3/t13-,15-,17+,21+,22+/m1/s1. The first kappa shape index (κ1) is 19.1. The van der Waals surface area contributed by atoms with E-state index in [-0.39, 0.29) is 23.2 Å². The van der Waals surface area contributed by atoms with Gasteiger partial charge >= 0.3 is 5.97 Å². The van der Waals surface area contributed by atoms with E-state index in [0.29, 0.717) is 42.2 Å². The fourth-order valence-electron chi connectivity index (χ4n) is 6.14. The van der Waals surface area contributed by atoms with Crippen molar-refractivity contribution in [2.45, 2.75) is 64.9 Å². The Kier molecular flexibility index (Phi) is 4.76. The van der Waals surface area contributed by atoms with E-state index in [1.165, 1.54) is 6.92 Å². The molecule has 1 aromatic carbocycles. The fraction of sp³-hybridized carbons (Fsp3) is 0.636. The van der Waals surface area contributed by atoms with Crippen molar-refractivity contribution in [1.29, 1.82) is 0 Å². The lowest BCUT2D eigenvalue weighted by atomic mass is 9.55. The van der Waals surface area contributed by atoms with Gasteiger partial charge in [-0.25, -0.2) is 0 Å². The Labute approximate surface area is 165 Å². The maximum absolute atomic E-state index is 11.6. The lowest BCUT2D eigenvalue weighted by molar-refractivity contribution is -0.154. The van der Waals surface area contributed by atoms with Crippen LogP contribution in [0.25, 0.3) is 0 Å². The van der Waals surface area contributed by atoms with Crippen molar-refractivity contribution in [3.05, 3.63) is 23.3 Å². The molecule has 28 heavy (non-hydrogen) atoms. The first-order valence-electron chi connectivity index (χ1n) is 10.3. The molecule has 2 saturated carbocycles. The van der Waals surface area contributed by atoms with Gasteiger partial charge in [-0.3, -0.25) is 4.79 Å². The highest BCUT2D eigenvalue weighted by Gasteiger charge is 2.56. The molecule has 0 aliphatic heterocycles. The second-order valence-electron chi connectivity index (χ2n) is 8.69. The van der Waals surface area contributed by atoms with E-state index in [9.17, 15) is 15.1 Å². The Bertz CT molecular complexity index is 819. The lowest BCUT2D eigenvalue weighted by Gasteiger charge is -2.50. The van der Waals surface area contributed by atoms with Gasteiger partial charge in [-0.15, -0.1) is 0 Å². The third-order valence-electron chi connectivity index (χ3n) is 7.35. The maximum Gasteiger partial charge on any atom is 0.302 e. The highest BCUT2D eigenvalue weighted by Crippen LogP contribution is 2.62. The van der Waals surface area contributed by atoms with Crippen molar-refractivity contribution in [1.82, 2.24) is 0 Å². The minimum atomic E-state index is -0.211. The van der Waals surface area contributed by atoms with Crippen LogP contribution in [-0.2, 0) is 9.53 Å². The molecule has 0 amide bonds. The molecule has 0 heterocycles. The molecular formula is C22H29NO5. The highest BCUT2D eigenvalue weighted by molar-refractivity contribution is 6.03. The Hall–Kier alpha value is -2.24. The molecule has 6 heteroatoms. The number of aromatic hydroxyl groups is 1. The molecule has 5 atom stereocenters. The van der Waals surface area contributed by atoms with Gasteiger partial charge in [0.1, 0.15) is 6.10 Å². The number of fused-ring (bicyclic) bond motifs is 5. The van der Waals surface area contributed by atoms with Gasteiger partial charge in [0.2, 0.25) is 0 Å². The van der Waals surface area contributed by atoms with Gasteiger partial charge in [-0.05, 0) is 74.5 Å². The molecule has 2 N–H and O–H groups in total. The topological polar surface area (TPSA) is 88.3 Å². The third-order valence-corrected chi connectivity index (χ3v) is 7.35. The molecule has 152 valence electrons. The monoisotopic (exact) mass is 387 g/mol. The zero-order chi connectivity index (χ0) is 20.1. The van der Waals surface area contributed by atoms with E-state index in [0.717, 1.165) is 36.8 Å². The van der Waals surface area contributed by atoms with Crippen LogP contribution in [0.2, 0.25) is 0 Å². The zero-order valence-corrected chi connectivity index (χ0v) is 16.8. The number of ether oxygens (including phenoxy) is 2. The van der Waals surface area contributed by atoms with Crippen molar-refractivity contribution in [2.24, 2.45) is 22.4 Å². The minimum Gasteiger partial charge on any atom is -0.504 e. The van der Waals surface area contributed by atoms with Crippen molar-refractivity contribution in [3.8, 4) is 11.5 Å². The van der Waals surface area contributed by atoms with Crippen LogP contribution in [0.5, 0.6) is 11.5 Å². The number of benzene rings is 1. The Morgan fingerprint density at radius 3 is 2.79 bits per heavy atom. The summed E-state index contributed by atoms with van der Waals surface area (Å²) in [6.45, 7) is 6.10. The van der Waals surface area contributed by atoms with Gasteiger partial charge in [0.25, 0.3) is 0 Å². The normalized spacial score (nSPS) is 35.0. The molecule has 4 rings (SSSR count). The van der Waals surface area contributed by atoms with Gasteiger partial charge < -0.3 is 19.8 Å². The van der Waals surface area contributed by atoms with Crippen LogP contribution >= 0.6 is 0 Å². The van der Waals surface area contributed by atoms with Gasteiger partial charge in [0.05, 0.1) is 12.3 Å². The van der Waals surface area contributed by atoms with Crippen LogP contribution in [0.15, 0.2) is 17.3 Å². The number of esters is 1. The first-order chi connectivity index (χ1) is 13.4. The highest BCUT2D eigenvalue weighted by atomic mass is 16.5. The molecule has 3 aliphatic carbocycles. The molecule has 0 bridgehead atoms. The van der Waals surface area contributed by atoms with Gasteiger partial charge in [0.15, 0.2) is 11.5 Å². The first-order valence-corrected chi connectivity index (χ1v) is 10.3. The Morgan fingerprint density at radius 1 is 1.32 bits per heavy atom. The molecule has 0 saturated heterocycles. The molecule has 0 radical (unpaired) electrons. The molecular weight excluding hydrogens is 358 g/mol. The van der Waals surface area contributed by atoms with E-state index in [2.05, 4.69) is 12.1 Å². The molecule has 1 aromatic rings. The summed E-state index contributed by atoms with van der Waals surface area (Å²) in [5.41, 5.74) is 2.51. The van der Waals surface area contributed by atoms with Crippen molar-refractivity contribution in [2.75, 3.05) is 6.61 Å². The van der Waals surface area contributed by atoms with Crippen LogP contribution in [-0.4, -0.2) is 34.7 Å². The Balaban J connectivity index is 1.73. The fourth-order valence-corrected chi connectivity index (χ4v) is 6.14. The number of oxime groups is 1. The van der Waals surface area contributed by atoms with E-state index < -0.39 is 0 Å². The molecule has 0 aromatic heterocycles. The summed E-state index contributed by atoms with van der Waals surface area (Å²) in [5.74, 6) is 1.42. The molecule has 2 fully saturated rings.